The van der Waals surface area contributed by atoms with E-state index in [1.807, 2.05) is 12.1 Å². The molecular weight excluding hydrogens is 302 g/mol. The van der Waals surface area contributed by atoms with E-state index in [4.69, 9.17) is 11.6 Å². The molecule has 1 saturated carbocycles. The van der Waals surface area contributed by atoms with Gasteiger partial charge in [0, 0.05) is 16.8 Å². The predicted octanol–water partition coefficient (Wildman–Crippen LogP) is 3.26. The average molecular weight is 320 g/mol. The van der Waals surface area contributed by atoms with E-state index in [0.29, 0.717) is 10.8 Å². The van der Waals surface area contributed by atoms with Gasteiger partial charge in [-0.05, 0) is 31.0 Å². The summed E-state index contributed by atoms with van der Waals surface area (Å²) in [5.41, 5.74) is 1.03. The third-order valence-electron chi connectivity index (χ3n) is 3.79. The van der Waals surface area contributed by atoms with Gasteiger partial charge in [0.1, 0.15) is 0 Å². The number of hydrogen-bond donors (Lipinski definition) is 3. The molecule has 116 valence electrons. The molecule has 1 aromatic carbocycles. The number of aromatic amines is 1. The lowest BCUT2D eigenvalue weighted by molar-refractivity contribution is 0.0923. The fourth-order valence-corrected chi connectivity index (χ4v) is 2.87. The highest BCUT2D eigenvalue weighted by molar-refractivity contribution is 6.30. The number of aromatic nitrogens is 3. The molecule has 1 heterocycles. The highest BCUT2D eigenvalue weighted by atomic mass is 35.5. The van der Waals surface area contributed by atoms with Gasteiger partial charge in [-0.3, -0.25) is 4.79 Å². The SMILES string of the molecule is O=C(NC1CCCCC1)c1n[nH]nc1Nc1cccc(Cl)c1. The topological polar surface area (TPSA) is 82.7 Å². The fraction of sp³-hybridized carbons (Fsp3) is 0.400. The molecule has 7 heteroatoms. The summed E-state index contributed by atoms with van der Waals surface area (Å²) in [4.78, 5) is 12.4. The fourth-order valence-electron chi connectivity index (χ4n) is 2.68. The molecule has 1 amide bonds. The van der Waals surface area contributed by atoms with E-state index in [1.165, 1.54) is 6.42 Å². The number of anilines is 2. The third kappa shape index (κ3) is 3.57. The first-order chi connectivity index (χ1) is 10.7. The molecule has 1 fully saturated rings. The molecule has 2 aromatic rings. The molecule has 1 aliphatic rings. The number of hydrogen-bond acceptors (Lipinski definition) is 4. The summed E-state index contributed by atoms with van der Waals surface area (Å²) >= 11 is 5.95. The van der Waals surface area contributed by atoms with Gasteiger partial charge in [0.05, 0.1) is 0 Å². The second kappa shape index (κ2) is 6.79. The van der Waals surface area contributed by atoms with Crippen LogP contribution in [0.4, 0.5) is 11.5 Å². The van der Waals surface area contributed by atoms with Crippen LogP contribution < -0.4 is 10.6 Å². The molecule has 0 aliphatic heterocycles. The van der Waals surface area contributed by atoms with Crippen molar-refractivity contribution in [3.05, 3.63) is 35.0 Å². The zero-order valence-corrected chi connectivity index (χ0v) is 12.9. The van der Waals surface area contributed by atoms with Crippen LogP contribution in [-0.2, 0) is 0 Å². The highest BCUT2D eigenvalue weighted by Gasteiger charge is 2.21. The maximum atomic E-state index is 12.4. The van der Waals surface area contributed by atoms with Crippen molar-refractivity contribution >= 4 is 29.0 Å². The highest BCUT2D eigenvalue weighted by Crippen LogP contribution is 2.21. The van der Waals surface area contributed by atoms with Crippen LogP contribution in [0.5, 0.6) is 0 Å². The summed E-state index contributed by atoms with van der Waals surface area (Å²) in [6.45, 7) is 0. The van der Waals surface area contributed by atoms with Crippen molar-refractivity contribution in [1.29, 1.82) is 0 Å². The number of nitrogens with zero attached hydrogens (tertiary/aromatic N) is 2. The Hall–Kier alpha value is -2.08. The van der Waals surface area contributed by atoms with Gasteiger partial charge in [-0.15, -0.1) is 10.2 Å². The van der Waals surface area contributed by atoms with Gasteiger partial charge < -0.3 is 10.6 Å². The Labute approximate surface area is 133 Å². The minimum atomic E-state index is -0.204. The molecule has 1 aromatic heterocycles. The Bertz CT molecular complexity index is 651. The second-order valence-corrected chi connectivity index (χ2v) is 5.90. The van der Waals surface area contributed by atoms with E-state index in [1.54, 1.807) is 12.1 Å². The maximum absolute atomic E-state index is 12.4. The summed E-state index contributed by atoms with van der Waals surface area (Å²) in [5, 5.41) is 17.2. The normalized spacial score (nSPS) is 15.5. The second-order valence-electron chi connectivity index (χ2n) is 5.46. The first-order valence-electron chi connectivity index (χ1n) is 7.46. The van der Waals surface area contributed by atoms with Crippen LogP contribution in [0.3, 0.4) is 0 Å². The maximum Gasteiger partial charge on any atom is 0.275 e. The monoisotopic (exact) mass is 319 g/mol. The van der Waals surface area contributed by atoms with Crippen molar-refractivity contribution in [3.63, 3.8) is 0 Å². The van der Waals surface area contributed by atoms with Gasteiger partial charge in [-0.2, -0.15) is 5.21 Å². The molecule has 1 aliphatic carbocycles. The van der Waals surface area contributed by atoms with Crippen molar-refractivity contribution in [2.45, 2.75) is 38.1 Å². The van der Waals surface area contributed by atoms with Crippen molar-refractivity contribution in [1.82, 2.24) is 20.7 Å². The molecule has 0 saturated heterocycles. The number of halogens is 1. The zero-order chi connectivity index (χ0) is 15.4. The zero-order valence-electron chi connectivity index (χ0n) is 12.1. The molecule has 3 N–H and O–H groups in total. The number of rotatable bonds is 4. The largest absolute Gasteiger partial charge is 0.348 e. The van der Waals surface area contributed by atoms with Crippen LogP contribution >= 0.6 is 11.6 Å². The third-order valence-corrected chi connectivity index (χ3v) is 4.03. The van der Waals surface area contributed by atoms with E-state index >= 15 is 0 Å². The van der Waals surface area contributed by atoms with Gasteiger partial charge >= 0.3 is 0 Å². The predicted molar refractivity (Wildman–Crippen MR) is 85.5 cm³/mol. The van der Waals surface area contributed by atoms with Crippen LogP contribution in [0, 0.1) is 0 Å². The Morgan fingerprint density at radius 3 is 2.82 bits per heavy atom. The molecular formula is C15H18ClN5O. The van der Waals surface area contributed by atoms with Gasteiger partial charge in [-0.25, -0.2) is 0 Å². The molecule has 0 atom stereocenters. The van der Waals surface area contributed by atoms with E-state index in [0.717, 1.165) is 31.4 Å². The number of carbonyl (C=O) groups excluding carboxylic acids is 1. The summed E-state index contributed by atoms with van der Waals surface area (Å²) in [7, 11) is 0. The number of amides is 1. The van der Waals surface area contributed by atoms with Crippen LogP contribution in [-0.4, -0.2) is 27.4 Å². The van der Waals surface area contributed by atoms with Crippen molar-refractivity contribution in [2.75, 3.05) is 5.32 Å². The summed E-state index contributed by atoms with van der Waals surface area (Å²) in [6, 6.07) is 7.46. The Morgan fingerprint density at radius 1 is 1.23 bits per heavy atom. The molecule has 22 heavy (non-hydrogen) atoms. The Morgan fingerprint density at radius 2 is 2.05 bits per heavy atom. The number of H-pyrrole nitrogens is 1. The van der Waals surface area contributed by atoms with Crippen LogP contribution in [0.2, 0.25) is 5.02 Å². The van der Waals surface area contributed by atoms with E-state index in [2.05, 4.69) is 26.0 Å². The standard InChI is InChI=1S/C15H18ClN5O/c16-10-5-4-8-12(9-10)17-14-13(19-21-20-14)15(22)18-11-6-2-1-3-7-11/h4-5,8-9,11H,1-3,6-7H2,(H,18,22)(H2,17,19,20,21). The molecule has 0 unspecified atom stereocenters. The van der Waals surface area contributed by atoms with Crippen LogP contribution in [0.1, 0.15) is 42.6 Å². The molecule has 0 spiro atoms. The van der Waals surface area contributed by atoms with Crippen molar-refractivity contribution < 1.29 is 4.79 Å². The first kappa shape index (κ1) is 14.8. The quantitative estimate of drug-likeness (QED) is 0.807. The molecule has 0 radical (unpaired) electrons. The first-order valence-corrected chi connectivity index (χ1v) is 7.84. The van der Waals surface area contributed by atoms with Gasteiger partial charge in [0.25, 0.3) is 5.91 Å². The molecule has 6 nitrogen and oxygen atoms in total. The van der Waals surface area contributed by atoms with Crippen molar-refractivity contribution in [2.24, 2.45) is 0 Å². The lowest BCUT2D eigenvalue weighted by Gasteiger charge is -2.22. The van der Waals surface area contributed by atoms with Gasteiger partial charge in [-0.1, -0.05) is 36.9 Å². The van der Waals surface area contributed by atoms with E-state index < -0.39 is 0 Å². The number of carbonyl (C=O) groups is 1. The number of nitrogens with one attached hydrogen (secondary N) is 3. The van der Waals surface area contributed by atoms with Crippen LogP contribution in [0.25, 0.3) is 0 Å². The Kier molecular flexibility index (Phi) is 4.58. The number of benzene rings is 1. The smallest absolute Gasteiger partial charge is 0.275 e. The summed E-state index contributed by atoms with van der Waals surface area (Å²) < 4.78 is 0. The lowest BCUT2D eigenvalue weighted by Crippen LogP contribution is -2.36. The average Bonchev–Trinajstić information content (AvgIpc) is 2.96. The summed E-state index contributed by atoms with van der Waals surface area (Å²) in [5.74, 6) is 0.195. The van der Waals surface area contributed by atoms with Gasteiger partial charge in [0.2, 0.25) is 0 Å². The van der Waals surface area contributed by atoms with E-state index in [9.17, 15) is 4.79 Å². The minimum absolute atomic E-state index is 0.204. The Balaban J connectivity index is 1.69. The molecule has 3 rings (SSSR count). The summed E-state index contributed by atoms with van der Waals surface area (Å²) in [6.07, 6.45) is 5.63. The van der Waals surface area contributed by atoms with Gasteiger partial charge in [0.15, 0.2) is 11.5 Å². The van der Waals surface area contributed by atoms with E-state index in [-0.39, 0.29) is 17.6 Å². The molecule has 0 bridgehead atoms. The minimum Gasteiger partial charge on any atom is -0.348 e. The lowest BCUT2D eigenvalue weighted by atomic mass is 9.95. The van der Waals surface area contributed by atoms with Crippen molar-refractivity contribution in [3.8, 4) is 0 Å². The van der Waals surface area contributed by atoms with Crippen LogP contribution in [0.15, 0.2) is 24.3 Å².